The van der Waals surface area contributed by atoms with Crippen LogP contribution in [0.3, 0.4) is 0 Å². The highest BCUT2D eigenvalue weighted by Crippen LogP contribution is 2.26. The first kappa shape index (κ1) is 44.1. The van der Waals surface area contributed by atoms with Gasteiger partial charge in [-0.25, -0.2) is 50.7 Å². The van der Waals surface area contributed by atoms with E-state index in [0.29, 0.717) is 4.31 Å². The van der Waals surface area contributed by atoms with Crippen molar-refractivity contribution in [1.29, 1.82) is 0 Å². The van der Waals surface area contributed by atoms with E-state index in [-0.39, 0.29) is 52.1 Å². The number of esters is 2. The molecule has 0 saturated heterocycles. The number of hydrogen-bond donors (Lipinski definition) is 2. The van der Waals surface area contributed by atoms with Crippen molar-refractivity contribution >= 4 is 55.0 Å². The van der Waals surface area contributed by atoms with E-state index in [2.05, 4.69) is 46.5 Å². The predicted octanol–water partition coefficient (Wildman–Crippen LogP) is 1.87. The molecule has 0 aliphatic rings. The molecule has 0 unspecified atom stereocenters. The van der Waals surface area contributed by atoms with Gasteiger partial charge in [-0.05, 0) is 0 Å². The molecule has 4 rings (SSSR count). The average molecular weight is 799 g/mol. The van der Waals surface area contributed by atoms with Crippen molar-refractivity contribution in [1.82, 2.24) is 19.9 Å². The van der Waals surface area contributed by atoms with E-state index in [1.807, 2.05) is 5.92 Å². The van der Waals surface area contributed by atoms with Gasteiger partial charge in [0.1, 0.15) is 18.1 Å². The minimum Gasteiger partial charge on any atom is -0.464 e. The van der Waals surface area contributed by atoms with Crippen LogP contribution in [0.1, 0.15) is 32.1 Å². The Kier molecular flexibility index (Phi) is 16.7. The smallest absolute Gasteiger partial charge is 0.360 e. The van der Waals surface area contributed by atoms with Crippen molar-refractivity contribution in [2.24, 2.45) is 0 Å². The Morgan fingerprint density at radius 2 is 1.24 bits per heavy atom. The van der Waals surface area contributed by atoms with E-state index >= 15 is 0 Å². The number of para-hydroxylation sites is 2. The molecule has 0 radical (unpaired) electrons. The Morgan fingerprint density at radius 3 is 1.73 bits per heavy atom. The fourth-order valence-electron chi connectivity index (χ4n) is 4.09. The Bertz CT molecular complexity index is 2330. The molecule has 0 bridgehead atoms. The molecule has 0 atom stereocenters. The first-order chi connectivity index (χ1) is 26.1. The van der Waals surface area contributed by atoms with Crippen LogP contribution in [0.25, 0.3) is 0 Å². The molecular weight excluding hydrogens is 769 g/mol. The number of carbonyl (C=O) groups excluding carboxylic acids is 2. The van der Waals surface area contributed by atoms with Crippen molar-refractivity contribution in [2.75, 3.05) is 36.4 Å². The summed E-state index contributed by atoms with van der Waals surface area (Å²) in [5, 5.41) is 29.7. The lowest BCUT2D eigenvalue weighted by Gasteiger charge is -2.22. The third-order valence-electron chi connectivity index (χ3n) is 6.35. The van der Waals surface area contributed by atoms with Gasteiger partial charge in [0.2, 0.25) is 20.0 Å². The van der Waals surface area contributed by atoms with E-state index in [9.17, 15) is 46.7 Å². The second kappa shape index (κ2) is 20.8. The number of nitrogens with one attached hydrogen (secondary N) is 1. The van der Waals surface area contributed by atoms with Crippen LogP contribution in [0, 0.1) is 44.9 Å². The maximum atomic E-state index is 12.9. The number of benzene rings is 2. The summed E-state index contributed by atoms with van der Waals surface area (Å²) >= 11 is 0. The number of nitro groups is 2. The highest BCUT2D eigenvalue weighted by Gasteiger charge is 2.31. The molecule has 55 heavy (non-hydrogen) atoms. The van der Waals surface area contributed by atoms with E-state index in [0.717, 1.165) is 14.2 Å². The summed E-state index contributed by atoms with van der Waals surface area (Å²) in [4.78, 5) is 59.3. The quantitative estimate of drug-likeness (QED) is 0.0844. The van der Waals surface area contributed by atoms with Gasteiger partial charge in [-0.15, -0.1) is 12.8 Å². The van der Waals surface area contributed by atoms with Gasteiger partial charge < -0.3 is 14.6 Å². The molecule has 4 aromatic rings. The van der Waals surface area contributed by atoms with Crippen molar-refractivity contribution in [3.63, 3.8) is 0 Å². The number of rotatable bonds is 13. The van der Waals surface area contributed by atoms with Crippen molar-refractivity contribution in [3.05, 3.63) is 116 Å². The number of nitro benzene ring substituents is 2. The minimum absolute atomic E-state index is 0.00138. The molecule has 0 amide bonds. The zero-order valence-electron chi connectivity index (χ0n) is 28.7. The maximum Gasteiger partial charge on any atom is 0.360 e. The second-order valence-corrected chi connectivity index (χ2v) is 13.5. The number of terminal acetylenes is 2. The van der Waals surface area contributed by atoms with Crippen LogP contribution in [-0.2, 0) is 41.0 Å². The van der Waals surface area contributed by atoms with Gasteiger partial charge in [0, 0.05) is 48.0 Å². The molecule has 288 valence electrons. The standard InChI is InChI=1S/C16H14N4O6S.C13H12N4O6S.C3H4O/c1-3-10-19(15-14(16(21)26-2)17-8-9-18-15)27(24,25)11-12-6-4-5-7-13(12)20(22)23;1-23-13(18)11-12(15-7-6-14-11)16-24(21,22)8-9-4-2-3-5-10(9)17(19)20;1-2-3-4/h1,4-9H,10-11H2,2H3;2-7H,8H2,1H3,(H,15,16);1,4H,3H2. The fourth-order valence-corrected chi connectivity index (χ4v) is 6.72. The van der Waals surface area contributed by atoms with Gasteiger partial charge in [0.25, 0.3) is 11.4 Å². The molecule has 0 fully saturated rings. The van der Waals surface area contributed by atoms with Crippen LogP contribution in [0.5, 0.6) is 0 Å². The van der Waals surface area contributed by atoms with Gasteiger partial charge in [-0.3, -0.25) is 25.0 Å². The monoisotopic (exact) mass is 798 g/mol. The zero-order valence-corrected chi connectivity index (χ0v) is 30.3. The molecule has 2 N–H and O–H groups in total. The number of aliphatic hydroxyl groups is 1. The van der Waals surface area contributed by atoms with E-state index in [4.69, 9.17) is 11.5 Å². The first-order valence-corrected chi connectivity index (χ1v) is 18.0. The Labute approximate surface area is 313 Å². The summed E-state index contributed by atoms with van der Waals surface area (Å²) < 4.78 is 62.2. The summed E-state index contributed by atoms with van der Waals surface area (Å²) in [6.07, 6.45) is 14.6. The summed E-state index contributed by atoms with van der Waals surface area (Å²) in [6.45, 7) is -0.606. The molecule has 21 nitrogen and oxygen atoms in total. The lowest BCUT2D eigenvalue weighted by atomic mass is 10.2. The molecule has 0 saturated carbocycles. The Balaban J connectivity index is 0.000000348. The average Bonchev–Trinajstić information content (AvgIpc) is 3.16. The summed E-state index contributed by atoms with van der Waals surface area (Å²) in [5.74, 6) is 0.368. The predicted molar refractivity (Wildman–Crippen MR) is 194 cm³/mol. The number of sulfonamides is 2. The third-order valence-corrected chi connectivity index (χ3v) is 9.19. The number of aromatic nitrogens is 4. The maximum absolute atomic E-state index is 12.9. The zero-order chi connectivity index (χ0) is 41.2. The highest BCUT2D eigenvalue weighted by atomic mass is 32.2. The van der Waals surface area contributed by atoms with Gasteiger partial charge in [-0.2, -0.15) is 0 Å². The van der Waals surface area contributed by atoms with Crippen molar-refractivity contribution in [3.8, 4) is 24.7 Å². The van der Waals surface area contributed by atoms with E-state index in [1.54, 1.807) is 0 Å². The molecule has 0 aliphatic heterocycles. The van der Waals surface area contributed by atoms with Crippen LogP contribution < -0.4 is 9.03 Å². The topological polar surface area (TPSA) is 294 Å². The number of hydrogen-bond acceptors (Lipinski definition) is 17. The number of nitrogens with zero attached hydrogens (tertiary/aromatic N) is 7. The molecular formula is C32H30N8O13S2. The number of methoxy groups -OCH3 is 2. The lowest BCUT2D eigenvalue weighted by molar-refractivity contribution is -0.385. The molecule has 23 heteroatoms. The summed E-state index contributed by atoms with van der Waals surface area (Å²) in [7, 11) is -6.09. The number of aliphatic hydroxyl groups excluding tert-OH is 1. The first-order valence-electron chi connectivity index (χ1n) is 14.8. The van der Waals surface area contributed by atoms with Crippen molar-refractivity contribution < 1.29 is 50.9 Å². The summed E-state index contributed by atoms with van der Waals surface area (Å²) in [6, 6.07) is 10.9. The highest BCUT2D eigenvalue weighted by molar-refractivity contribution is 7.92. The SMILES string of the molecule is C#CCN(c1nccnc1C(=O)OC)S(=O)(=O)Cc1ccccc1[N+](=O)[O-].C#CCO.COC(=O)c1nccnc1NS(=O)(=O)Cc1ccccc1[N+](=O)[O-]. The van der Waals surface area contributed by atoms with Gasteiger partial charge in [0.15, 0.2) is 23.0 Å². The van der Waals surface area contributed by atoms with Crippen LogP contribution in [0.4, 0.5) is 23.0 Å². The van der Waals surface area contributed by atoms with Crippen LogP contribution in [0.15, 0.2) is 73.3 Å². The molecule has 2 aromatic carbocycles. The lowest BCUT2D eigenvalue weighted by Crippen LogP contribution is -2.35. The third kappa shape index (κ3) is 12.8. The number of carbonyl (C=O) groups is 2. The molecule has 2 heterocycles. The molecule has 0 aliphatic carbocycles. The normalized spacial score (nSPS) is 10.3. The largest absolute Gasteiger partial charge is 0.464 e. The summed E-state index contributed by atoms with van der Waals surface area (Å²) in [5.41, 5.74) is -1.37. The number of anilines is 2. The fraction of sp³-hybridized carbons (Fsp3) is 0.188. The van der Waals surface area contributed by atoms with E-state index < -0.39 is 59.9 Å². The number of ether oxygens (including phenoxy) is 2. The van der Waals surface area contributed by atoms with E-state index in [1.165, 1.54) is 73.3 Å². The van der Waals surface area contributed by atoms with Crippen LogP contribution in [0.2, 0.25) is 0 Å². The van der Waals surface area contributed by atoms with Crippen molar-refractivity contribution in [2.45, 2.75) is 11.5 Å². The van der Waals surface area contributed by atoms with Gasteiger partial charge >= 0.3 is 11.9 Å². The minimum atomic E-state index is -4.23. The van der Waals surface area contributed by atoms with Crippen LogP contribution in [-0.4, -0.2) is 91.0 Å². The molecule has 2 aromatic heterocycles. The van der Waals surface area contributed by atoms with Crippen LogP contribution >= 0.6 is 0 Å². The Hall–Kier alpha value is -7.08. The second-order valence-electron chi connectivity index (χ2n) is 9.93. The Morgan fingerprint density at radius 1 is 0.782 bits per heavy atom. The van der Waals surface area contributed by atoms with Gasteiger partial charge in [0.05, 0.1) is 30.6 Å². The molecule has 0 spiro atoms. The van der Waals surface area contributed by atoms with Gasteiger partial charge in [-0.1, -0.05) is 48.2 Å².